The Morgan fingerprint density at radius 2 is 1.60 bits per heavy atom. The molecule has 2 rings (SSSR count). The fraction of sp³-hybridized carbons (Fsp3) is 0.947. The van der Waals surface area contributed by atoms with Crippen LogP contribution in [0.25, 0.3) is 0 Å². The zero-order valence-corrected chi connectivity index (χ0v) is 18.8. The summed E-state index contributed by atoms with van der Waals surface area (Å²) in [6.07, 6.45) is 9.92. The monoisotopic (exact) mass is 465 g/mol. The molecule has 1 saturated heterocycles. The van der Waals surface area contributed by atoms with E-state index in [4.69, 9.17) is 0 Å². The fourth-order valence-corrected chi connectivity index (χ4v) is 3.96. The third-order valence-corrected chi connectivity index (χ3v) is 5.66. The van der Waals surface area contributed by atoms with Crippen LogP contribution in [0.1, 0.15) is 51.9 Å². The van der Waals surface area contributed by atoms with Gasteiger partial charge in [0.15, 0.2) is 5.96 Å². The zero-order chi connectivity index (χ0) is 17.0. The highest BCUT2D eigenvalue weighted by molar-refractivity contribution is 14.0. The lowest BCUT2D eigenvalue weighted by atomic mass is 9.86. The molecule has 0 spiro atoms. The first-order valence-corrected chi connectivity index (χ1v) is 10.2. The molecule has 0 atom stereocenters. The van der Waals surface area contributed by atoms with Gasteiger partial charge in [-0.3, -0.25) is 9.89 Å². The maximum atomic E-state index is 4.35. The zero-order valence-electron chi connectivity index (χ0n) is 16.4. The Balaban J connectivity index is 0.00000312. The molecule has 1 aliphatic heterocycles. The Kier molecular flexibility index (Phi) is 12.9. The minimum Gasteiger partial charge on any atom is -0.356 e. The van der Waals surface area contributed by atoms with Crippen LogP contribution < -0.4 is 10.6 Å². The van der Waals surface area contributed by atoms with E-state index in [9.17, 15) is 0 Å². The molecule has 6 heteroatoms. The smallest absolute Gasteiger partial charge is 0.191 e. The van der Waals surface area contributed by atoms with Gasteiger partial charge in [-0.15, -0.1) is 24.0 Å². The van der Waals surface area contributed by atoms with Gasteiger partial charge in [0.25, 0.3) is 0 Å². The average Bonchev–Trinajstić information content (AvgIpc) is 2.65. The third kappa shape index (κ3) is 9.43. The predicted molar refractivity (Wildman–Crippen MR) is 119 cm³/mol. The van der Waals surface area contributed by atoms with Crippen molar-refractivity contribution in [1.29, 1.82) is 0 Å². The largest absolute Gasteiger partial charge is 0.356 e. The highest BCUT2D eigenvalue weighted by atomic mass is 127. The van der Waals surface area contributed by atoms with E-state index < -0.39 is 0 Å². The van der Waals surface area contributed by atoms with E-state index in [0.717, 1.165) is 31.5 Å². The summed E-state index contributed by atoms with van der Waals surface area (Å²) in [7, 11) is 1.87. The van der Waals surface area contributed by atoms with Crippen molar-refractivity contribution in [2.45, 2.75) is 51.9 Å². The first-order valence-electron chi connectivity index (χ1n) is 10.2. The van der Waals surface area contributed by atoms with Gasteiger partial charge in [-0.2, -0.15) is 0 Å². The van der Waals surface area contributed by atoms with Gasteiger partial charge in [-0.25, -0.2) is 0 Å². The van der Waals surface area contributed by atoms with Crippen LogP contribution in [0, 0.1) is 5.92 Å². The van der Waals surface area contributed by atoms with E-state index in [1.54, 1.807) is 0 Å². The molecule has 0 unspecified atom stereocenters. The fourth-order valence-electron chi connectivity index (χ4n) is 3.96. The molecular formula is C19H40IN5. The van der Waals surface area contributed by atoms with Crippen molar-refractivity contribution < 1.29 is 0 Å². The number of rotatable bonds is 8. The molecule has 1 heterocycles. The van der Waals surface area contributed by atoms with Crippen molar-refractivity contribution in [3.63, 3.8) is 0 Å². The Morgan fingerprint density at radius 1 is 0.960 bits per heavy atom. The van der Waals surface area contributed by atoms with E-state index >= 15 is 0 Å². The van der Waals surface area contributed by atoms with Gasteiger partial charge in [0.1, 0.15) is 0 Å². The quantitative estimate of drug-likeness (QED) is 0.251. The van der Waals surface area contributed by atoms with Crippen molar-refractivity contribution >= 4 is 29.9 Å². The molecule has 1 saturated carbocycles. The maximum Gasteiger partial charge on any atom is 0.191 e. The molecule has 0 bridgehead atoms. The van der Waals surface area contributed by atoms with Gasteiger partial charge in [0, 0.05) is 52.9 Å². The molecule has 2 N–H and O–H groups in total. The summed E-state index contributed by atoms with van der Waals surface area (Å²) in [5, 5.41) is 6.94. The average molecular weight is 465 g/mol. The number of halogens is 1. The first kappa shape index (κ1) is 23.0. The van der Waals surface area contributed by atoms with Gasteiger partial charge >= 0.3 is 0 Å². The van der Waals surface area contributed by atoms with Crippen LogP contribution in [-0.4, -0.2) is 75.2 Å². The van der Waals surface area contributed by atoms with Crippen LogP contribution >= 0.6 is 24.0 Å². The molecule has 25 heavy (non-hydrogen) atoms. The Morgan fingerprint density at radius 3 is 2.24 bits per heavy atom. The van der Waals surface area contributed by atoms with E-state index in [-0.39, 0.29) is 24.0 Å². The summed E-state index contributed by atoms with van der Waals surface area (Å²) in [4.78, 5) is 9.42. The lowest BCUT2D eigenvalue weighted by Crippen LogP contribution is -2.49. The summed E-state index contributed by atoms with van der Waals surface area (Å²) in [5.41, 5.74) is 0. The minimum absolute atomic E-state index is 0. The molecule has 0 aromatic heterocycles. The molecule has 1 aliphatic carbocycles. The Bertz CT molecular complexity index is 350. The van der Waals surface area contributed by atoms with Crippen molar-refractivity contribution in [2.75, 3.05) is 59.4 Å². The van der Waals surface area contributed by atoms with Crippen molar-refractivity contribution in [2.24, 2.45) is 10.9 Å². The number of nitrogens with zero attached hydrogens (tertiary/aromatic N) is 3. The maximum absolute atomic E-state index is 4.35. The van der Waals surface area contributed by atoms with Gasteiger partial charge in [0.2, 0.25) is 0 Å². The predicted octanol–water partition coefficient (Wildman–Crippen LogP) is 2.77. The molecule has 2 aliphatic rings. The van der Waals surface area contributed by atoms with Crippen LogP contribution in [0.4, 0.5) is 0 Å². The van der Waals surface area contributed by atoms with Crippen molar-refractivity contribution in [1.82, 2.24) is 20.4 Å². The Labute approximate surface area is 172 Å². The lowest BCUT2D eigenvalue weighted by molar-refractivity contribution is 0.139. The first-order chi connectivity index (χ1) is 11.8. The summed E-state index contributed by atoms with van der Waals surface area (Å²) in [5.74, 6) is 1.95. The number of likely N-dealkylation sites (N-methyl/N-ethyl adjacent to an activating group) is 1. The molecule has 0 aromatic carbocycles. The second-order valence-corrected chi connectivity index (χ2v) is 7.35. The normalized spacial score (nSPS) is 21.0. The van der Waals surface area contributed by atoms with Crippen molar-refractivity contribution in [3.05, 3.63) is 0 Å². The van der Waals surface area contributed by atoms with Crippen LogP contribution in [0.15, 0.2) is 4.99 Å². The molecule has 148 valence electrons. The minimum atomic E-state index is 0. The SMILES string of the molecule is CCN1CCN(CCNC(=NC)NCCCC2CCCCC2)CC1.I. The second kappa shape index (κ2) is 14.0. The van der Waals surface area contributed by atoms with Gasteiger partial charge < -0.3 is 15.5 Å². The molecule has 0 amide bonds. The Hall–Kier alpha value is -0.0800. The molecule has 5 nitrogen and oxygen atoms in total. The second-order valence-electron chi connectivity index (χ2n) is 7.35. The number of nitrogens with one attached hydrogen (secondary N) is 2. The summed E-state index contributed by atoms with van der Waals surface area (Å²) >= 11 is 0. The summed E-state index contributed by atoms with van der Waals surface area (Å²) in [6, 6.07) is 0. The number of hydrogen-bond donors (Lipinski definition) is 2. The molecule has 0 radical (unpaired) electrons. The van der Waals surface area contributed by atoms with E-state index in [2.05, 4.69) is 32.3 Å². The van der Waals surface area contributed by atoms with Crippen molar-refractivity contribution in [3.8, 4) is 0 Å². The van der Waals surface area contributed by atoms with Gasteiger partial charge in [-0.1, -0.05) is 39.0 Å². The summed E-state index contributed by atoms with van der Waals surface area (Å²) in [6.45, 7) is 11.4. The standard InChI is InChI=1S/C19H39N5.HI/c1-3-23-14-16-24(17-15-23)13-12-22-19(20-2)21-11-7-10-18-8-5-4-6-9-18;/h18H,3-17H2,1-2H3,(H2,20,21,22);1H. The highest BCUT2D eigenvalue weighted by Gasteiger charge is 2.15. The highest BCUT2D eigenvalue weighted by Crippen LogP contribution is 2.26. The van der Waals surface area contributed by atoms with Gasteiger partial charge in [-0.05, 0) is 25.3 Å². The van der Waals surface area contributed by atoms with Gasteiger partial charge in [0.05, 0.1) is 0 Å². The number of hydrogen-bond acceptors (Lipinski definition) is 3. The van der Waals surface area contributed by atoms with Crippen LogP contribution in [-0.2, 0) is 0 Å². The lowest BCUT2D eigenvalue weighted by Gasteiger charge is -2.34. The number of piperazine rings is 1. The third-order valence-electron chi connectivity index (χ3n) is 5.66. The molecule has 0 aromatic rings. The van der Waals surface area contributed by atoms with Crippen LogP contribution in [0.2, 0.25) is 0 Å². The molecule has 2 fully saturated rings. The van der Waals surface area contributed by atoms with Crippen LogP contribution in [0.5, 0.6) is 0 Å². The van der Waals surface area contributed by atoms with Crippen LogP contribution in [0.3, 0.4) is 0 Å². The van der Waals surface area contributed by atoms with E-state index in [1.165, 1.54) is 77.7 Å². The number of guanidine groups is 1. The summed E-state index contributed by atoms with van der Waals surface area (Å²) < 4.78 is 0. The molecular weight excluding hydrogens is 425 g/mol. The number of aliphatic imine (C=N–C) groups is 1. The van der Waals surface area contributed by atoms with E-state index in [0.29, 0.717) is 0 Å². The topological polar surface area (TPSA) is 42.9 Å². The van der Waals surface area contributed by atoms with E-state index in [1.807, 2.05) is 7.05 Å².